The van der Waals surface area contributed by atoms with E-state index in [9.17, 15) is 0 Å². The number of nitrogens with one attached hydrogen (secondary N) is 1. The molecule has 0 aromatic carbocycles. The molecule has 1 saturated heterocycles. The molecule has 16 heavy (non-hydrogen) atoms. The first-order valence-electron chi connectivity index (χ1n) is 6.40. The molecule has 0 aliphatic carbocycles. The van der Waals surface area contributed by atoms with Gasteiger partial charge >= 0.3 is 0 Å². The van der Waals surface area contributed by atoms with Crippen LogP contribution in [0.15, 0.2) is 17.5 Å². The first-order valence-corrected chi connectivity index (χ1v) is 7.28. The van der Waals surface area contributed by atoms with Crippen molar-refractivity contribution in [1.82, 2.24) is 10.2 Å². The maximum Gasteiger partial charge on any atom is 0.0299 e. The van der Waals surface area contributed by atoms with Crippen molar-refractivity contribution in [3.8, 4) is 0 Å². The Balaban J connectivity index is 1.43. The van der Waals surface area contributed by atoms with Gasteiger partial charge in [0, 0.05) is 11.4 Å². The Morgan fingerprint density at radius 1 is 1.25 bits per heavy atom. The fourth-order valence-corrected chi connectivity index (χ4v) is 2.89. The summed E-state index contributed by atoms with van der Waals surface area (Å²) >= 11 is 1.84. The normalized spacial score (nSPS) is 17.0. The van der Waals surface area contributed by atoms with E-state index < -0.39 is 0 Å². The maximum atomic E-state index is 3.51. The van der Waals surface area contributed by atoms with Gasteiger partial charge in [0.15, 0.2) is 0 Å². The second-order valence-corrected chi connectivity index (χ2v) is 5.54. The van der Waals surface area contributed by atoms with Crippen LogP contribution >= 0.6 is 11.3 Å². The lowest BCUT2D eigenvalue weighted by atomic mass is 10.3. The molecule has 0 unspecified atom stereocenters. The van der Waals surface area contributed by atoms with Crippen LogP contribution in [-0.4, -0.2) is 31.1 Å². The Kier molecular flexibility index (Phi) is 5.32. The van der Waals surface area contributed by atoms with E-state index in [4.69, 9.17) is 0 Å². The monoisotopic (exact) mass is 238 g/mol. The molecule has 1 fully saturated rings. The van der Waals surface area contributed by atoms with E-state index in [0.717, 1.165) is 13.1 Å². The highest BCUT2D eigenvalue weighted by atomic mass is 32.1. The molecule has 0 amide bonds. The number of unbranched alkanes of at least 4 members (excludes halogenated alkanes) is 1. The average Bonchev–Trinajstić information content (AvgIpc) is 2.96. The first-order chi connectivity index (χ1) is 7.95. The molecule has 2 heterocycles. The summed E-state index contributed by atoms with van der Waals surface area (Å²) in [5, 5.41) is 5.65. The molecule has 3 heteroatoms. The average molecular weight is 238 g/mol. The van der Waals surface area contributed by atoms with Crippen LogP contribution in [0.3, 0.4) is 0 Å². The van der Waals surface area contributed by atoms with Crippen LogP contribution in [0.4, 0.5) is 0 Å². The Morgan fingerprint density at radius 2 is 2.12 bits per heavy atom. The van der Waals surface area contributed by atoms with Gasteiger partial charge in [-0.05, 0) is 63.3 Å². The third-order valence-corrected chi connectivity index (χ3v) is 4.03. The third-order valence-electron chi connectivity index (χ3n) is 3.16. The summed E-state index contributed by atoms with van der Waals surface area (Å²) in [4.78, 5) is 4.04. The molecule has 0 radical (unpaired) electrons. The van der Waals surface area contributed by atoms with Crippen LogP contribution in [0.25, 0.3) is 0 Å². The lowest BCUT2D eigenvalue weighted by molar-refractivity contribution is 0.329. The van der Waals surface area contributed by atoms with Crippen molar-refractivity contribution in [3.63, 3.8) is 0 Å². The van der Waals surface area contributed by atoms with E-state index in [-0.39, 0.29) is 0 Å². The van der Waals surface area contributed by atoms with Crippen LogP contribution < -0.4 is 5.32 Å². The van der Waals surface area contributed by atoms with E-state index in [2.05, 4.69) is 27.7 Å². The van der Waals surface area contributed by atoms with Crippen LogP contribution in [0.1, 0.15) is 30.6 Å². The van der Waals surface area contributed by atoms with Crippen molar-refractivity contribution >= 4 is 11.3 Å². The van der Waals surface area contributed by atoms with Crippen molar-refractivity contribution < 1.29 is 0 Å². The minimum absolute atomic E-state index is 1.04. The van der Waals surface area contributed by atoms with E-state index in [0.29, 0.717) is 0 Å². The zero-order valence-electron chi connectivity index (χ0n) is 9.95. The Bertz CT molecular complexity index is 265. The Morgan fingerprint density at radius 3 is 2.88 bits per heavy atom. The summed E-state index contributed by atoms with van der Waals surface area (Å²) < 4.78 is 0. The van der Waals surface area contributed by atoms with Crippen molar-refractivity contribution in [3.05, 3.63) is 22.4 Å². The predicted molar refractivity (Wildman–Crippen MR) is 70.9 cm³/mol. The summed E-state index contributed by atoms with van der Waals surface area (Å²) in [7, 11) is 0. The van der Waals surface area contributed by atoms with Gasteiger partial charge in [0.2, 0.25) is 0 Å². The molecule has 1 aromatic rings. The summed E-state index contributed by atoms with van der Waals surface area (Å²) in [5.74, 6) is 0. The topological polar surface area (TPSA) is 15.3 Å². The molecule has 1 aromatic heterocycles. The van der Waals surface area contributed by atoms with Crippen molar-refractivity contribution in [2.45, 2.75) is 32.2 Å². The largest absolute Gasteiger partial charge is 0.312 e. The molecule has 90 valence electrons. The van der Waals surface area contributed by atoms with Crippen molar-refractivity contribution in [2.75, 3.05) is 26.2 Å². The van der Waals surface area contributed by atoms with Gasteiger partial charge in [-0.2, -0.15) is 0 Å². The first kappa shape index (κ1) is 12.1. The Hall–Kier alpha value is -0.380. The van der Waals surface area contributed by atoms with Crippen LogP contribution in [-0.2, 0) is 6.54 Å². The van der Waals surface area contributed by atoms with Crippen LogP contribution in [0, 0.1) is 0 Å². The number of thiophene rings is 1. The lowest BCUT2D eigenvalue weighted by Crippen LogP contribution is -2.22. The Labute approximate surface area is 103 Å². The molecule has 1 N–H and O–H groups in total. The highest BCUT2D eigenvalue weighted by Crippen LogP contribution is 2.09. The van der Waals surface area contributed by atoms with Gasteiger partial charge in [-0.1, -0.05) is 6.07 Å². The van der Waals surface area contributed by atoms with Gasteiger partial charge in [0.05, 0.1) is 0 Å². The van der Waals surface area contributed by atoms with Crippen LogP contribution in [0.2, 0.25) is 0 Å². The second kappa shape index (κ2) is 7.05. The summed E-state index contributed by atoms with van der Waals surface area (Å²) in [5.41, 5.74) is 0. The minimum atomic E-state index is 1.04. The lowest BCUT2D eigenvalue weighted by Gasteiger charge is -2.13. The minimum Gasteiger partial charge on any atom is -0.312 e. The molecule has 1 aliphatic rings. The molecule has 0 saturated carbocycles. The highest BCUT2D eigenvalue weighted by Gasteiger charge is 2.09. The van der Waals surface area contributed by atoms with Crippen molar-refractivity contribution in [2.24, 2.45) is 0 Å². The van der Waals surface area contributed by atoms with E-state index in [1.165, 1.54) is 50.2 Å². The van der Waals surface area contributed by atoms with Gasteiger partial charge < -0.3 is 10.2 Å². The molecule has 2 nitrogen and oxygen atoms in total. The van der Waals surface area contributed by atoms with Gasteiger partial charge in [0.1, 0.15) is 0 Å². The molecular weight excluding hydrogens is 216 g/mol. The molecular formula is C13H22N2S. The fourth-order valence-electron chi connectivity index (χ4n) is 2.22. The molecule has 1 aliphatic heterocycles. The molecule has 0 spiro atoms. The maximum absolute atomic E-state index is 3.51. The van der Waals surface area contributed by atoms with Gasteiger partial charge in [0.25, 0.3) is 0 Å². The van der Waals surface area contributed by atoms with Crippen molar-refractivity contribution in [1.29, 1.82) is 0 Å². The molecule has 0 atom stereocenters. The number of rotatable bonds is 7. The highest BCUT2D eigenvalue weighted by molar-refractivity contribution is 7.09. The van der Waals surface area contributed by atoms with Crippen LogP contribution in [0.5, 0.6) is 0 Å². The van der Waals surface area contributed by atoms with E-state index >= 15 is 0 Å². The second-order valence-electron chi connectivity index (χ2n) is 4.51. The number of likely N-dealkylation sites (tertiary alicyclic amines) is 1. The van der Waals surface area contributed by atoms with Gasteiger partial charge in [-0.25, -0.2) is 0 Å². The summed E-state index contributed by atoms with van der Waals surface area (Å²) in [6.07, 6.45) is 5.48. The van der Waals surface area contributed by atoms with Gasteiger partial charge in [-0.3, -0.25) is 0 Å². The van der Waals surface area contributed by atoms with E-state index in [1.54, 1.807) is 0 Å². The SMILES string of the molecule is c1csc(CNCCCCN2CCCC2)c1. The fraction of sp³-hybridized carbons (Fsp3) is 0.692. The zero-order valence-corrected chi connectivity index (χ0v) is 10.8. The predicted octanol–water partition coefficient (Wildman–Crippen LogP) is 2.71. The molecule has 2 rings (SSSR count). The number of hydrogen-bond donors (Lipinski definition) is 1. The quantitative estimate of drug-likeness (QED) is 0.735. The smallest absolute Gasteiger partial charge is 0.0299 e. The number of hydrogen-bond acceptors (Lipinski definition) is 3. The standard InChI is InChI=1S/C13H22N2S/c1(2-8-15-9-3-4-10-15)7-14-12-13-6-5-11-16-13/h5-6,11,14H,1-4,7-10,12H2. The third kappa shape index (κ3) is 4.24. The zero-order chi connectivity index (χ0) is 11.1. The molecule has 0 bridgehead atoms. The summed E-state index contributed by atoms with van der Waals surface area (Å²) in [6.45, 7) is 6.18. The van der Waals surface area contributed by atoms with Gasteiger partial charge in [-0.15, -0.1) is 11.3 Å². The number of nitrogens with zero attached hydrogens (tertiary/aromatic N) is 1. The van der Waals surface area contributed by atoms with E-state index in [1.807, 2.05) is 11.3 Å². The summed E-state index contributed by atoms with van der Waals surface area (Å²) in [6, 6.07) is 4.32.